The molecule has 0 radical (unpaired) electrons. The minimum Gasteiger partial charge on any atom is -0.459 e. The number of aliphatic hydroxyl groups is 5. The molecule has 5 N–H and O–H groups in total. The van der Waals surface area contributed by atoms with Crippen LogP contribution in [0, 0.1) is 17.8 Å². The molecule has 0 bridgehead atoms. The average molecular weight is 1100 g/mol. The Bertz CT molecular complexity index is 2390. The van der Waals surface area contributed by atoms with Gasteiger partial charge in [-0.2, -0.15) is 0 Å². The van der Waals surface area contributed by atoms with E-state index in [1.165, 1.54) is 32.7 Å². The van der Waals surface area contributed by atoms with Gasteiger partial charge in [0.1, 0.15) is 48.8 Å². The van der Waals surface area contributed by atoms with Crippen LogP contribution in [0.5, 0.6) is 0 Å². The molecule has 21 heteroatoms. The van der Waals surface area contributed by atoms with Gasteiger partial charge in [-0.1, -0.05) is 38.1 Å². The number of likely N-dealkylation sites (N-methyl/N-ethyl adjacent to an activating group) is 2. The topological polar surface area (TPSA) is 242 Å². The van der Waals surface area contributed by atoms with E-state index in [1.807, 2.05) is 72.8 Å². The molecular weight excluding hydrogens is 1010 g/mol. The summed E-state index contributed by atoms with van der Waals surface area (Å²) in [5, 5.41) is 68.7. The average Bonchev–Trinajstić information content (AvgIpc) is 4.12. The number of esters is 1. The van der Waals surface area contributed by atoms with Crippen molar-refractivity contribution in [3.05, 3.63) is 65.7 Å². The highest BCUT2D eigenvalue weighted by Gasteiger charge is 2.53. The van der Waals surface area contributed by atoms with Gasteiger partial charge in [0.05, 0.1) is 47.2 Å². The number of ketones is 1. The van der Waals surface area contributed by atoms with Crippen molar-refractivity contribution in [3.63, 3.8) is 0 Å². The third-order valence-electron chi connectivity index (χ3n) is 17.1. The second-order valence-corrected chi connectivity index (χ2v) is 23.5. The van der Waals surface area contributed by atoms with Crippen molar-refractivity contribution in [2.45, 2.75) is 211 Å². The summed E-state index contributed by atoms with van der Waals surface area (Å²) in [5.41, 5.74) is -1.87. The molecule has 3 saturated heterocycles. The lowest BCUT2D eigenvalue weighted by Gasteiger charge is -2.49. The van der Waals surface area contributed by atoms with Gasteiger partial charge in [0.2, 0.25) is 0 Å². The summed E-state index contributed by atoms with van der Waals surface area (Å²) >= 11 is 0. The molecular formula is C57H91FN6O14. The summed E-state index contributed by atoms with van der Waals surface area (Å²) < 4.78 is 62.5. The number of carbonyl (C=O) groups is 2. The van der Waals surface area contributed by atoms with Gasteiger partial charge in [0.25, 0.3) is 0 Å². The highest BCUT2D eigenvalue weighted by atomic mass is 19.1. The number of ether oxygens (including phenoxy) is 7. The van der Waals surface area contributed by atoms with Gasteiger partial charge in [-0.3, -0.25) is 9.59 Å². The van der Waals surface area contributed by atoms with Gasteiger partial charge in [0, 0.05) is 88.0 Å². The highest BCUT2D eigenvalue weighted by molar-refractivity contribution is 5.94. The Morgan fingerprint density at radius 3 is 2.24 bits per heavy atom. The number of aliphatic hydroxyl groups excluding tert-OH is 3. The molecule has 0 saturated carbocycles. The summed E-state index contributed by atoms with van der Waals surface area (Å²) in [6, 6.07) is 7.29. The summed E-state index contributed by atoms with van der Waals surface area (Å²) in [5.74, 6) is -2.94. The maximum atomic E-state index is 15.0. The Hall–Kier alpha value is -3.81. The molecule has 3 aromatic rings. The third kappa shape index (κ3) is 14.3. The van der Waals surface area contributed by atoms with Crippen LogP contribution in [0.2, 0.25) is 0 Å². The number of alkyl halides is 1. The Morgan fingerprint density at radius 2 is 1.64 bits per heavy atom. The normalized spacial score (nSPS) is 37.8. The monoisotopic (exact) mass is 1100 g/mol. The fraction of sp³-hybridized carbons (Fsp3) is 0.754. The number of hydrogen-bond acceptors (Lipinski definition) is 18. The molecule has 3 fully saturated rings. The number of cyclic esters (lactones) is 1. The van der Waals surface area contributed by atoms with Gasteiger partial charge in [-0.25, -0.2) is 9.07 Å². The third-order valence-corrected chi connectivity index (χ3v) is 17.1. The number of aromatic nitrogens is 4. The molecule has 78 heavy (non-hydrogen) atoms. The molecule has 0 unspecified atom stereocenters. The van der Waals surface area contributed by atoms with Gasteiger partial charge < -0.3 is 73.1 Å². The van der Waals surface area contributed by atoms with Crippen molar-refractivity contribution in [2.24, 2.45) is 17.8 Å². The highest BCUT2D eigenvalue weighted by Crippen LogP contribution is 2.41. The van der Waals surface area contributed by atoms with E-state index in [0.717, 1.165) is 11.3 Å². The van der Waals surface area contributed by atoms with Crippen LogP contribution in [0.4, 0.5) is 4.39 Å². The molecule has 20 nitrogen and oxygen atoms in total. The van der Waals surface area contributed by atoms with Crippen molar-refractivity contribution in [1.29, 1.82) is 0 Å². The molecule has 0 spiro atoms. The smallest absolute Gasteiger partial charge is 0.311 e. The second-order valence-electron chi connectivity index (χ2n) is 23.5. The minimum atomic E-state index is -1.86. The first-order valence-corrected chi connectivity index (χ1v) is 27.7. The van der Waals surface area contributed by atoms with Crippen LogP contribution in [-0.4, -0.2) is 205 Å². The van der Waals surface area contributed by atoms with E-state index in [0.29, 0.717) is 37.2 Å². The number of Topliss-reactive ketones (excluding diaryl/α,β-unsaturated/α-hetero) is 1. The lowest BCUT2D eigenvalue weighted by molar-refractivity contribution is -0.318. The molecule has 0 aliphatic carbocycles. The number of methoxy groups -OCH3 is 2. The van der Waals surface area contributed by atoms with Crippen molar-refractivity contribution < 1.29 is 72.7 Å². The van der Waals surface area contributed by atoms with Gasteiger partial charge in [-0.15, -0.1) is 5.10 Å². The van der Waals surface area contributed by atoms with Crippen LogP contribution in [0.3, 0.4) is 0 Å². The van der Waals surface area contributed by atoms with Crippen LogP contribution in [0.25, 0.3) is 5.69 Å². The van der Waals surface area contributed by atoms with Gasteiger partial charge >= 0.3 is 5.97 Å². The fourth-order valence-electron chi connectivity index (χ4n) is 12.1. The van der Waals surface area contributed by atoms with Crippen LogP contribution in [-0.2, 0) is 44.4 Å². The van der Waals surface area contributed by atoms with Crippen LogP contribution in [0.15, 0.2) is 48.9 Å². The number of nitrogens with zero attached hydrogens (tertiary/aromatic N) is 6. The second kappa shape index (κ2) is 26.4. The van der Waals surface area contributed by atoms with Crippen molar-refractivity contribution in [1.82, 2.24) is 29.4 Å². The number of carbonyl (C=O) groups excluding carboxylic acids is 2. The van der Waals surface area contributed by atoms with Crippen molar-refractivity contribution >= 4 is 11.8 Å². The number of rotatable bonds is 17. The van der Waals surface area contributed by atoms with E-state index >= 15 is 0 Å². The van der Waals surface area contributed by atoms with E-state index in [-0.39, 0.29) is 31.0 Å². The van der Waals surface area contributed by atoms with E-state index < -0.39 is 127 Å². The van der Waals surface area contributed by atoms with E-state index in [4.69, 9.17) is 33.2 Å². The molecule has 0 amide bonds. The first-order chi connectivity index (χ1) is 36.6. The first-order valence-electron chi connectivity index (χ1n) is 27.7. The Morgan fingerprint density at radius 1 is 0.962 bits per heavy atom. The first kappa shape index (κ1) is 63.4. The summed E-state index contributed by atoms with van der Waals surface area (Å²) in [6.07, 6.45) is -4.63. The molecule has 440 valence electrons. The maximum Gasteiger partial charge on any atom is 0.311 e. The number of halogens is 1. The standard InChI is InChI=1S/C57H91FN6O14/c1-16-45-57(11,71)50(67)36(6)62(13)29-32(2)26-55(9,70)52(34(4)48(35(5)53(69)76-45)77-46-27-56(10,73-15)51(68)38(8)75-46)78-54-47(66)43(25-33(3)74-54)61(12)23-22-41-31-64(60-59-41)44(28-58)49(72-14)39-17-19-42(20-18-39)63-24-21-40(30-63)37(7)65/h17-21,24,30-36,38,43-52,54,66-68,70-71H,16,22-23,25-29H2,1-15H3/t32-,33-,34+,35-,36-,38+,43+,44-,45-,46+,47-,48+,49-,50-,51+,52-,54+,55-,56-,57-/m1/s1. The molecule has 1 aromatic carbocycles. The fourth-order valence-corrected chi connectivity index (χ4v) is 12.1. The molecule has 6 rings (SSSR count). The van der Waals surface area contributed by atoms with Gasteiger partial charge in [0.15, 0.2) is 18.4 Å². The predicted molar refractivity (Wildman–Crippen MR) is 287 cm³/mol. The Kier molecular flexibility index (Phi) is 21.5. The van der Waals surface area contributed by atoms with Crippen molar-refractivity contribution in [3.8, 4) is 5.69 Å². The molecule has 3 aliphatic heterocycles. The van der Waals surface area contributed by atoms with E-state index in [9.17, 15) is 39.5 Å². The quantitative estimate of drug-likeness (QED) is 0.0883. The molecule has 2 aromatic heterocycles. The largest absolute Gasteiger partial charge is 0.459 e. The summed E-state index contributed by atoms with van der Waals surface area (Å²) in [7, 11) is 6.71. The number of benzene rings is 1. The Balaban J connectivity index is 1.25. The summed E-state index contributed by atoms with van der Waals surface area (Å²) in [4.78, 5) is 30.3. The van der Waals surface area contributed by atoms with Gasteiger partial charge in [-0.05, 0) is 118 Å². The van der Waals surface area contributed by atoms with Crippen LogP contribution >= 0.6 is 0 Å². The zero-order valence-electron chi connectivity index (χ0n) is 48.6. The van der Waals surface area contributed by atoms with Crippen LogP contribution in [0.1, 0.15) is 136 Å². The number of hydrogen-bond donors (Lipinski definition) is 5. The zero-order chi connectivity index (χ0) is 57.8. The lowest BCUT2D eigenvalue weighted by Crippen LogP contribution is -2.61. The molecule has 5 heterocycles. The molecule has 20 atom stereocenters. The minimum absolute atomic E-state index is 0.0339. The zero-order valence-corrected chi connectivity index (χ0v) is 48.6. The maximum absolute atomic E-state index is 15.0. The predicted octanol–water partition coefficient (Wildman–Crippen LogP) is 5.00. The van der Waals surface area contributed by atoms with E-state index in [2.05, 4.69) is 10.3 Å². The Labute approximate surface area is 460 Å². The SMILES string of the molecule is CC[C@H]1OC(=O)[C@H](C)[C@@H](O[C@H]2C[C@@](C)(OC)[C@@H](O)[C@H](C)O2)[C@H](C)[C@@H](O[C@@H]2O[C@H](C)C[C@H](N(C)CCc3cn([C@H](CF)[C@H](OC)c4ccc(-n5ccc(C(C)=O)c5)cc4)nn3)[C@H]2O)[C@](C)(O)C[C@@H](C)CN(C)[C@H](C)[C@@H](O)[C@]1(C)O. The van der Waals surface area contributed by atoms with E-state index in [1.54, 1.807) is 66.9 Å². The molecule has 3 aliphatic rings. The van der Waals surface area contributed by atoms with Crippen molar-refractivity contribution in [2.75, 3.05) is 48.1 Å². The lowest BCUT2D eigenvalue weighted by atomic mass is 9.77. The van der Waals surface area contributed by atoms with Crippen LogP contribution < -0.4 is 0 Å². The summed E-state index contributed by atoms with van der Waals surface area (Å²) in [6.45, 7) is 18.9.